The summed E-state index contributed by atoms with van der Waals surface area (Å²) in [5.74, 6) is 0.635. The van der Waals surface area contributed by atoms with Gasteiger partial charge in [0, 0.05) is 29.6 Å². The highest BCUT2D eigenvalue weighted by molar-refractivity contribution is 7.18. The number of halogens is 1. The molecule has 5 rings (SSSR count). The van der Waals surface area contributed by atoms with Crippen molar-refractivity contribution in [3.63, 3.8) is 0 Å². The number of carbonyl (C=O) groups is 1. The molecule has 0 saturated carbocycles. The van der Waals surface area contributed by atoms with Crippen molar-refractivity contribution < 1.29 is 18.7 Å². The van der Waals surface area contributed by atoms with E-state index in [2.05, 4.69) is 4.85 Å². The molecule has 2 aromatic carbocycles. The molecule has 0 unspecified atom stereocenters. The highest BCUT2D eigenvalue weighted by Gasteiger charge is 2.26. The minimum absolute atomic E-state index is 0.0178. The molecule has 1 aromatic heterocycles. The number of carbonyl (C=O) groups excluding carboxylic acids is 1. The standard InChI is InChI=1S/C24H20FN3O3S/c1-27-19-6-4-14(9-18(19)25)17-11-22(24(29)28-8-2-3-16(26)12-28)32-23(17)15-5-7-20-21(10-15)31-13-30-20/h4-7,9-11,16H,2-3,8,12-13,26H2/t16-/m1/s1. The molecule has 1 saturated heterocycles. The number of thiophene rings is 1. The molecule has 2 aliphatic rings. The van der Waals surface area contributed by atoms with Crippen LogP contribution in [-0.4, -0.2) is 36.7 Å². The second-order valence-corrected chi connectivity index (χ2v) is 8.91. The number of likely N-dealkylation sites (tertiary alicyclic amines) is 1. The zero-order chi connectivity index (χ0) is 22.2. The molecule has 1 atom stereocenters. The summed E-state index contributed by atoms with van der Waals surface area (Å²) in [6.07, 6.45) is 1.79. The van der Waals surface area contributed by atoms with Crippen molar-refractivity contribution in [1.29, 1.82) is 0 Å². The van der Waals surface area contributed by atoms with E-state index in [0.717, 1.165) is 28.8 Å². The zero-order valence-corrected chi connectivity index (χ0v) is 18.0. The molecule has 0 bridgehead atoms. The van der Waals surface area contributed by atoms with Crippen LogP contribution in [0.25, 0.3) is 26.4 Å². The van der Waals surface area contributed by atoms with E-state index in [1.165, 1.54) is 23.5 Å². The molecule has 0 radical (unpaired) electrons. The number of nitrogens with zero attached hydrogens (tertiary/aromatic N) is 2. The summed E-state index contributed by atoms with van der Waals surface area (Å²) in [5, 5.41) is 0. The van der Waals surface area contributed by atoms with Gasteiger partial charge in [-0.2, -0.15) is 0 Å². The van der Waals surface area contributed by atoms with E-state index in [1.807, 2.05) is 18.2 Å². The molecule has 1 fully saturated rings. The Morgan fingerprint density at radius 1 is 1.16 bits per heavy atom. The zero-order valence-electron chi connectivity index (χ0n) is 17.1. The van der Waals surface area contributed by atoms with Gasteiger partial charge in [-0.05, 0) is 54.3 Å². The Kier molecular flexibility index (Phi) is 5.29. The Morgan fingerprint density at radius 2 is 1.97 bits per heavy atom. The third-order valence-corrected chi connectivity index (χ3v) is 6.87. The monoisotopic (exact) mass is 449 g/mol. The van der Waals surface area contributed by atoms with Gasteiger partial charge < -0.3 is 20.1 Å². The molecular weight excluding hydrogens is 429 g/mol. The highest BCUT2D eigenvalue weighted by atomic mass is 32.1. The molecular formula is C24H20FN3O3S. The number of benzene rings is 2. The van der Waals surface area contributed by atoms with Crippen LogP contribution in [-0.2, 0) is 0 Å². The first-order chi connectivity index (χ1) is 15.5. The van der Waals surface area contributed by atoms with Crippen molar-refractivity contribution in [3.05, 3.63) is 64.6 Å². The molecule has 1 amide bonds. The summed E-state index contributed by atoms with van der Waals surface area (Å²) >= 11 is 1.36. The predicted molar refractivity (Wildman–Crippen MR) is 121 cm³/mol. The third kappa shape index (κ3) is 3.70. The summed E-state index contributed by atoms with van der Waals surface area (Å²) in [5.41, 5.74) is 8.22. The van der Waals surface area contributed by atoms with Crippen LogP contribution in [0.5, 0.6) is 11.5 Å². The van der Waals surface area contributed by atoms with Gasteiger partial charge in [0.1, 0.15) is 5.82 Å². The fraction of sp³-hybridized carbons (Fsp3) is 0.250. The average Bonchev–Trinajstić information content (AvgIpc) is 3.45. The Hall–Kier alpha value is -3.41. The topological polar surface area (TPSA) is 69.2 Å². The Morgan fingerprint density at radius 3 is 2.75 bits per heavy atom. The first-order valence-corrected chi connectivity index (χ1v) is 11.1. The molecule has 162 valence electrons. The van der Waals surface area contributed by atoms with E-state index in [9.17, 15) is 9.18 Å². The summed E-state index contributed by atoms with van der Waals surface area (Å²) in [7, 11) is 0. The van der Waals surface area contributed by atoms with E-state index >= 15 is 0 Å². The Bertz CT molecular complexity index is 1220. The molecule has 6 nitrogen and oxygen atoms in total. The van der Waals surface area contributed by atoms with Gasteiger partial charge in [-0.1, -0.05) is 12.1 Å². The average molecular weight is 450 g/mol. The van der Waals surface area contributed by atoms with Gasteiger partial charge in [0.2, 0.25) is 12.5 Å². The van der Waals surface area contributed by atoms with Gasteiger partial charge in [0.25, 0.3) is 5.91 Å². The summed E-state index contributed by atoms with van der Waals surface area (Å²) in [6.45, 7) is 8.46. The number of piperidine rings is 1. The van der Waals surface area contributed by atoms with Gasteiger partial charge >= 0.3 is 0 Å². The Labute approximate surface area is 188 Å². The molecule has 32 heavy (non-hydrogen) atoms. The van der Waals surface area contributed by atoms with Crippen LogP contribution in [0.15, 0.2) is 42.5 Å². The van der Waals surface area contributed by atoms with Crippen LogP contribution in [0.2, 0.25) is 0 Å². The lowest BCUT2D eigenvalue weighted by molar-refractivity contribution is 0.0714. The molecule has 2 N–H and O–H groups in total. The van der Waals surface area contributed by atoms with Gasteiger partial charge in [-0.25, -0.2) is 9.24 Å². The van der Waals surface area contributed by atoms with Gasteiger partial charge in [0.15, 0.2) is 11.5 Å². The van der Waals surface area contributed by atoms with Gasteiger partial charge in [-0.3, -0.25) is 4.79 Å². The maximum atomic E-state index is 14.4. The third-order valence-electron chi connectivity index (χ3n) is 5.70. The van der Waals surface area contributed by atoms with Crippen molar-refractivity contribution in [3.8, 4) is 33.1 Å². The van der Waals surface area contributed by atoms with Crippen LogP contribution in [0.3, 0.4) is 0 Å². The maximum Gasteiger partial charge on any atom is 0.264 e. The van der Waals surface area contributed by atoms with Gasteiger partial charge in [-0.15, -0.1) is 11.3 Å². The van der Waals surface area contributed by atoms with Crippen LogP contribution in [0, 0.1) is 12.4 Å². The van der Waals surface area contributed by atoms with Crippen molar-refractivity contribution in [2.75, 3.05) is 19.9 Å². The first-order valence-electron chi connectivity index (χ1n) is 10.3. The molecule has 2 aliphatic heterocycles. The lowest BCUT2D eigenvalue weighted by Gasteiger charge is -2.30. The minimum atomic E-state index is -0.588. The number of fused-ring (bicyclic) bond motifs is 1. The Balaban J connectivity index is 1.60. The second kappa shape index (κ2) is 8.26. The normalized spacial score (nSPS) is 17.3. The van der Waals surface area contributed by atoms with E-state index < -0.39 is 5.82 Å². The summed E-state index contributed by atoms with van der Waals surface area (Å²) < 4.78 is 25.3. The lowest BCUT2D eigenvalue weighted by Crippen LogP contribution is -2.45. The van der Waals surface area contributed by atoms with Crippen LogP contribution < -0.4 is 15.2 Å². The molecule has 0 aliphatic carbocycles. The van der Waals surface area contributed by atoms with Crippen LogP contribution in [0.4, 0.5) is 10.1 Å². The minimum Gasteiger partial charge on any atom is -0.454 e. The van der Waals surface area contributed by atoms with E-state index in [0.29, 0.717) is 35.0 Å². The lowest BCUT2D eigenvalue weighted by atomic mass is 10.0. The number of nitrogens with two attached hydrogens (primary N) is 1. The highest BCUT2D eigenvalue weighted by Crippen LogP contribution is 2.44. The van der Waals surface area contributed by atoms with Crippen LogP contribution >= 0.6 is 11.3 Å². The number of ether oxygens (including phenoxy) is 2. The van der Waals surface area contributed by atoms with Crippen molar-refractivity contribution in [2.24, 2.45) is 5.73 Å². The number of amides is 1. The van der Waals surface area contributed by atoms with Crippen molar-refractivity contribution >= 4 is 22.9 Å². The molecule has 3 aromatic rings. The SMILES string of the molecule is [C-]#[N+]c1ccc(-c2cc(C(=O)N3CCC[C@@H](N)C3)sc2-c2ccc3c(c2)OCO3)cc1F. The first kappa shape index (κ1) is 20.5. The largest absolute Gasteiger partial charge is 0.454 e. The quantitative estimate of drug-likeness (QED) is 0.567. The fourth-order valence-corrected chi connectivity index (χ4v) is 5.22. The van der Waals surface area contributed by atoms with Crippen LogP contribution in [0.1, 0.15) is 22.5 Å². The number of rotatable bonds is 3. The predicted octanol–water partition coefficient (Wildman–Crippen LogP) is 5.06. The second-order valence-electron chi connectivity index (χ2n) is 7.85. The molecule has 8 heteroatoms. The van der Waals surface area contributed by atoms with Gasteiger partial charge in [0.05, 0.1) is 11.4 Å². The van der Waals surface area contributed by atoms with E-state index in [4.69, 9.17) is 21.8 Å². The smallest absolute Gasteiger partial charge is 0.264 e. The van der Waals surface area contributed by atoms with E-state index in [-0.39, 0.29) is 24.4 Å². The number of hydrogen-bond donors (Lipinski definition) is 1. The molecule has 3 heterocycles. The number of hydrogen-bond acceptors (Lipinski definition) is 5. The maximum absolute atomic E-state index is 14.4. The molecule has 0 spiro atoms. The summed E-state index contributed by atoms with van der Waals surface area (Å²) in [6, 6.07) is 11.9. The van der Waals surface area contributed by atoms with Crippen molar-refractivity contribution in [2.45, 2.75) is 18.9 Å². The van der Waals surface area contributed by atoms with Crippen molar-refractivity contribution in [1.82, 2.24) is 4.90 Å². The fourth-order valence-electron chi connectivity index (χ4n) is 4.08. The van der Waals surface area contributed by atoms with E-state index in [1.54, 1.807) is 17.0 Å². The summed E-state index contributed by atoms with van der Waals surface area (Å²) in [4.78, 5) is 19.6.